The van der Waals surface area contributed by atoms with Crippen LogP contribution in [0.25, 0.3) is 11.1 Å². The van der Waals surface area contributed by atoms with Crippen LogP contribution in [0, 0.1) is 23.4 Å². The molecule has 8 heteroatoms. The van der Waals surface area contributed by atoms with Gasteiger partial charge in [-0.2, -0.15) is 0 Å². The van der Waals surface area contributed by atoms with Crippen LogP contribution in [-0.2, 0) is 0 Å². The molecular weight excluding hydrogens is 417 g/mol. The molecule has 0 spiro atoms. The van der Waals surface area contributed by atoms with Gasteiger partial charge in [-0.25, -0.2) is 13.2 Å². The summed E-state index contributed by atoms with van der Waals surface area (Å²) in [6.45, 7) is 3.46. The number of piperidine rings is 1. The van der Waals surface area contributed by atoms with Gasteiger partial charge in [0.2, 0.25) is 0 Å². The topological polar surface area (TPSA) is 71.2 Å². The predicted molar refractivity (Wildman–Crippen MR) is 118 cm³/mol. The number of rotatable bonds is 4. The van der Waals surface area contributed by atoms with Crippen molar-refractivity contribution in [3.8, 4) is 11.1 Å². The highest BCUT2D eigenvalue weighted by molar-refractivity contribution is 6.06. The van der Waals surface area contributed by atoms with E-state index in [4.69, 9.17) is 5.73 Å². The number of carbonyl (C=O) groups is 1. The van der Waals surface area contributed by atoms with E-state index in [-0.39, 0.29) is 11.6 Å². The first-order valence-electron chi connectivity index (χ1n) is 10.3. The molecule has 1 aliphatic rings. The van der Waals surface area contributed by atoms with E-state index in [0.29, 0.717) is 23.8 Å². The van der Waals surface area contributed by atoms with Crippen molar-refractivity contribution in [2.24, 2.45) is 11.7 Å². The Hall–Kier alpha value is -3.39. The third kappa shape index (κ3) is 4.31. The second-order valence-corrected chi connectivity index (χ2v) is 8.12. The van der Waals surface area contributed by atoms with Crippen molar-refractivity contribution in [2.45, 2.75) is 19.4 Å². The lowest BCUT2D eigenvalue weighted by atomic mass is 9.96. The minimum atomic E-state index is -1.13. The molecule has 2 aromatic carbocycles. The van der Waals surface area contributed by atoms with Gasteiger partial charge in [-0.05, 0) is 36.6 Å². The number of pyridine rings is 1. The van der Waals surface area contributed by atoms with Gasteiger partial charge in [0, 0.05) is 30.9 Å². The van der Waals surface area contributed by atoms with Gasteiger partial charge in [0.05, 0.1) is 28.7 Å². The first kappa shape index (κ1) is 21.8. The predicted octanol–water partition coefficient (Wildman–Crippen LogP) is 4.59. The highest BCUT2D eigenvalue weighted by Gasteiger charge is 2.26. The van der Waals surface area contributed by atoms with Gasteiger partial charge in [0.1, 0.15) is 17.5 Å². The van der Waals surface area contributed by atoms with Gasteiger partial charge in [-0.15, -0.1) is 0 Å². The van der Waals surface area contributed by atoms with Crippen LogP contribution in [0.1, 0.15) is 23.7 Å². The molecule has 0 unspecified atom stereocenters. The molecule has 4 rings (SSSR count). The molecule has 32 heavy (non-hydrogen) atoms. The number of aromatic nitrogens is 1. The second kappa shape index (κ2) is 9.00. The summed E-state index contributed by atoms with van der Waals surface area (Å²) in [5, 5.41) is 2.67. The molecule has 5 nitrogen and oxygen atoms in total. The Morgan fingerprint density at radius 1 is 1.09 bits per heavy atom. The normalized spacial score (nSPS) is 18.5. The lowest BCUT2D eigenvalue weighted by molar-refractivity contribution is 0.102. The Morgan fingerprint density at radius 3 is 2.62 bits per heavy atom. The van der Waals surface area contributed by atoms with Gasteiger partial charge in [-0.3, -0.25) is 9.78 Å². The molecule has 3 N–H and O–H groups in total. The number of nitrogens with zero attached hydrogens (tertiary/aromatic N) is 2. The van der Waals surface area contributed by atoms with Crippen LogP contribution in [-0.4, -0.2) is 30.0 Å². The van der Waals surface area contributed by atoms with Crippen LogP contribution in [0.4, 0.5) is 24.5 Å². The van der Waals surface area contributed by atoms with Crippen molar-refractivity contribution in [1.82, 2.24) is 4.98 Å². The van der Waals surface area contributed by atoms with Crippen LogP contribution in [0.5, 0.6) is 0 Å². The first-order valence-corrected chi connectivity index (χ1v) is 10.3. The fourth-order valence-electron chi connectivity index (χ4n) is 4.18. The number of halogens is 3. The molecule has 1 fully saturated rings. The monoisotopic (exact) mass is 440 g/mol. The van der Waals surface area contributed by atoms with E-state index in [1.807, 2.05) is 0 Å². The van der Waals surface area contributed by atoms with Crippen molar-refractivity contribution < 1.29 is 18.0 Å². The van der Waals surface area contributed by atoms with Crippen LogP contribution >= 0.6 is 0 Å². The minimum absolute atomic E-state index is 0.00617. The maximum atomic E-state index is 15.2. The molecule has 1 amide bonds. The van der Waals surface area contributed by atoms with E-state index in [1.54, 1.807) is 12.3 Å². The Morgan fingerprint density at radius 2 is 1.88 bits per heavy atom. The number of carbonyl (C=O) groups excluding carboxylic acids is 1. The zero-order chi connectivity index (χ0) is 22.8. The fraction of sp³-hybridized carbons (Fsp3) is 0.250. The average molecular weight is 440 g/mol. The molecule has 2 atom stereocenters. The van der Waals surface area contributed by atoms with E-state index in [2.05, 4.69) is 22.1 Å². The molecule has 0 saturated carbocycles. The quantitative estimate of drug-likeness (QED) is 0.623. The Bertz CT molecular complexity index is 1140. The van der Waals surface area contributed by atoms with Crippen molar-refractivity contribution in [3.63, 3.8) is 0 Å². The van der Waals surface area contributed by atoms with E-state index >= 15 is 4.39 Å². The van der Waals surface area contributed by atoms with Gasteiger partial charge in [0.25, 0.3) is 5.91 Å². The zero-order valence-electron chi connectivity index (χ0n) is 17.5. The van der Waals surface area contributed by atoms with E-state index in [0.717, 1.165) is 31.2 Å². The number of nitrogens with two attached hydrogens (primary N) is 1. The van der Waals surface area contributed by atoms with E-state index < -0.39 is 34.5 Å². The lowest BCUT2D eigenvalue weighted by Gasteiger charge is -2.37. The molecule has 1 aromatic heterocycles. The summed E-state index contributed by atoms with van der Waals surface area (Å²) in [6.07, 6.45) is 3.98. The van der Waals surface area contributed by atoms with Crippen molar-refractivity contribution in [1.29, 1.82) is 0 Å². The Kier molecular flexibility index (Phi) is 6.14. The first-order chi connectivity index (χ1) is 15.3. The maximum absolute atomic E-state index is 15.2. The van der Waals surface area contributed by atoms with Gasteiger partial charge >= 0.3 is 0 Å². The molecule has 1 aliphatic heterocycles. The standard InChI is InChI=1S/C24H23F3N4O/c1-14-10-15(28)13-31(12-14)21-8-9-29-11-20(21)30-24(32)17-6-7-19(26)22(23(17)27)16-4-2-3-5-18(16)25/h2-9,11,14-15H,10,12-13,28H2,1H3,(H,30,32)/t14-,15+/m1/s1. The van der Waals surface area contributed by atoms with E-state index in [1.165, 1.54) is 24.4 Å². The Labute approximate surface area is 184 Å². The van der Waals surface area contributed by atoms with Crippen molar-refractivity contribution >= 4 is 17.3 Å². The van der Waals surface area contributed by atoms with Crippen molar-refractivity contribution in [3.05, 3.63) is 77.9 Å². The van der Waals surface area contributed by atoms with Crippen LogP contribution in [0.3, 0.4) is 0 Å². The SMILES string of the molecule is C[C@@H]1C[C@H](N)CN(c2ccncc2NC(=O)c2ccc(F)c(-c3ccccc3F)c2F)C1. The number of amides is 1. The summed E-state index contributed by atoms with van der Waals surface area (Å²) in [6, 6.07) is 9.00. The van der Waals surface area contributed by atoms with Crippen molar-refractivity contribution in [2.75, 3.05) is 23.3 Å². The third-order valence-corrected chi connectivity index (χ3v) is 5.56. The van der Waals surface area contributed by atoms with Crippen LogP contribution in [0.2, 0.25) is 0 Å². The lowest BCUT2D eigenvalue weighted by Crippen LogP contribution is -2.46. The molecule has 1 saturated heterocycles. The number of anilines is 2. The summed E-state index contributed by atoms with van der Waals surface area (Å²) in [5.41, 5.74) is 6.01. The highest BCUT2D eigenvalue weighted by atomic mass is 19.1. The molecule has 0 aliphatic carbocycles. The highest BCUT2D eigenvalue weighted by Crippen LogP contribution is 2.32. The van der Waals surface area contributed by atoms with Crippen LogP contribution in [0.15, 0.2) is 54.9 Å². The number of hydrogen-bond donors (Lipinski definition) is 2. The Balaban J connectivity index is 1.67. The van der Waals surface area contributed by atoms with Gasteiger partial charge < -0.3 is 16.0 Å². The number of benzene rings is 2. The molecular formula is C24H23F3N4O. The van der Waals surface area contributed by atoms with Gasteiger partial charge in [0.15, 0.2) is 0 Å². The van der Waals surface area contributed by atoms with Crippen LogP contribution < -0.4 is 16.0 Å². The summed E-state index contributed by atoms with van der Waals surface area (Å²) < 4.78 is 43.8. The second-order valence-electron chi connectivity index (χ2n) is 8.12. The number of hydrogen-bond acceptors (Lipinski definition) is 4. The summed E-state index contributed by atoms with van der Waals surface area (Å²) in [7, 11) is 0. The zero-order valence-corrected chi connectivity index (χ0v) is 17.5. The molecule has 2 heterocycles. The summed E-state index contributed by atoms with van der Waals surface area (Å²) >= 11 is 0. The smallest absolute Gasteiger partial charge is 0.258 e. The molecule has 0 bridgehead atoms. The summed E-state index contributed by atoms with van der Waals surface area (Å²) in [4.78, 5) is 19.1. The molecule has 3 aromatic rings. The number of nitrogens with one attached hydrogen (secondary N) is 1. The average Bonchev–Trinajstić information content (AvgIpc) is 2.74. The maximum Gasteiger partial charge on any atom is 0.258 e. The summed E-state index contributed by atoms with van der Waals surface area (Å²) in [5.74, 6) is -3.29. The van der Waals surface area contributed by atoms with E-state index in [9.17, 15) is 13.6 Å². The third-order valence-electron chi connectivity index (χ3n) is 5.56. The molecule has 0 radical (unpaired) electrons. The fourth-order valence-corrected chi connectivity index (χ4v) is 4.18. The minimum Gasteiger partial charge on any atom is -0.368 e. The van der Waals surface area contributed by atoms with Gasteiger partial charge in [-0.1, -0.05) is 25.1 Å². The largest absolute Gasteiger partial charge is 0.368 e. The molecule has 166 valence electrons.